The molecule has 0 aliphatic carbocycles. The van der Waals surface area contributed by atoms with Gasteiger partial charge in [0.25, 0.3) is 0 Å². The number of fused-ring (bicyclic) bond motifs is 1. The van der Waals surface area contributed by atoms with Crippen LogP contribution in [-0.2, 0) is 30.0 Å². The van der Waals surface area contributed by atoms with E-state index in [1.54, 1.807) is 0 Å². The molecule has 18 nitrogen and oxygen atoms in total. The summed E-state index contributed by atoms with van der Waals surface area (Å²) in [6, 6.07) is 0. The van der Waals surface area contributed by atoms with Gasteiger partial charge in [-0.05, 0) is 0 Å². The van der Waals surface area contributed by atoms with Gasteiger partial charge in [0.1, 0.15) is 6.33 Å². The Kier molecular flexibility index (Phi) is 6.78. The van der Waals surface area contributed by atoms with E-state index in [2.05, 4.69) is 27.3 Å². The van der Waals surface area contributed by atoms with Gasteiger partial charge in [0, 0.05) is 0 Å². The van der Waals surface area contributed by atoms with E-state index in [0.29, 0.717) is 0 Å². The van der Waals surface area contributed by atoms with Crippen LogP contribution in [0.4, 0.5) is 5.82 Å². The Morgan fingerprint density at radius 2 is 1.84 bits per heavy atom. The van der Waals surface area contributed by atoms with Gasteiger partial charge in [-0.2, -0.15) is 0 Å². The summed E-state index contributed by atoms with van der Waals surface area (Å²) >= 11 is -6.17. The number of phosphoric acid groups is 2. The zero-order valence-corrected chi connectivity index (χ0v) is 18.6. The van der Waals surface area contributed by atoms with Crippen LogP contribution in [0.3, 0.4) is 0 Å². The molecule has 6 atom stereocenters. The van der Waals surface area contributed by atoms with Crippen molar-refractivity contribution < 1.29 is 58.1 Å². The summed E-state index contributed by atoms with van der Waals surface area (Å²) in [6.45, 7) is -0.951. The summed E-state index contributed by atoms with van der Waals surface area (Å²) in [5, 5.41) is 20.4. The van der Waals surface area contributed by atoms with Crippen LogP contribution >= 0.6 is 15.6 Å². The molecule has 0 saturated carbocycles. The zero-order valence-electron chi connectivity index (χ0n) is 14.9. The predicted molar refractivity (Wildman–Crippen MR) is 94.3 cm³/mol. The Morgan fingerprint density at radius 3 is 2.48 bits per heavy atom. The van der Waals surface area contributed by atoms with Gasteiger partial charge >= 0.3 is 151 Å². The third kappa shape index (κ3) is 5.77. The Bertz CT molecular complexity index is 1110. The van der Waals surface area contributed by atoms with E-state index in [4.69, 9.17) is 23.6 Å². The Hall–Kier alpha value is -1.23. The summed E-state index contributed by atoms with van der Waals surface area (Å²) in [6.07, 6.45) is -3.68. The topological polar surface area (TPSA) is 279 Å². The monoisotopic (exact) mass is 551 g/mol. The SMILES string of the molecule is Nc1ncnc2c1ncn2[C@@H]1O[C@H](COP(=O)(O)OP(=O)(O)O[As](=O)(O)O)[C@@H](O)[C@H]1O. The predicted octanol–water partition coefficient (Wildman–Crippen LogP) is -2.87. The molecular formula is C10H16AsN5O13P2. The molecular weight excluding hydrogens is 535 g/mol. The summed E-state index contributed by atoms with van der Waals surface area (Å²) in [5.74, 6) is 0.0438. The second kappa shape index (κ2) is 8.61. The summed E-state index contributed by atoms with van der Waals surface area (Å²) in [4.78, 5) is 30.3. The number of hydrogen-bond acceptors (Lipinski definition) is 13. The number of anilines is 1. The minimum atomic E-state index is -6.17. The van der Waals surface area contributed by atoms with Crippen LogP contribution in [0.5, 0.6) is 0 Å². The van der Waals surface area contributed by atoms with Crippen molar-refractivity contribution in [2.75, 3.05) is 12.3 Å². The Labute approximate surface area is 174 Å². The number of ether oxygens (including phenoxy) is 1. The van der Waals surface area contributed by atoms with Crippen LogP contribution in [0.25, 0.3) is 11.2 Å². The number of nitrogens with zero attached hydrogens (tertiary/aromatic N) is 4. The second-order valence-corrected chi connectivity index (χ2v) is 12.1. The molecule has 31 heavy (non-hydrogen) atoms. The third-order valence-electron chi connectivity index (χ3n) is 3.82. The second-order valence-electron chi connectivity index (χ2n) is 6.02. The molecule has 8 N–H and O–H groups in total. The van der Waals surface area contributed by atoms with Crippen LogP contribution in [0.2, 0.25) is 0 Å². The number of nitrogens with two attached hydrogens (primary N) is 1. The van der Waals surface area contributed by atoms with Crippen LogP contribution < -0.4 is 5.73 Å². The number of hydrogen-bond donors (Lipinski definition) is 7. The molecule has 2 unspecified atom stereocenters. The first-order chi connectivity index (χ1) is 14.2. The van der Waals surface area contributed by atoms with Crippen LogP contribution in [0.15, 0.2) is 12.7 Å². The molecule has 1 aliphatic heterocycles. The molecule has 0 amide bonds. The van der Waals surface area contributed by atoms with Gasteiger partial charge in [0.2, 0.25) is 0 Å². The van der Waals surface area contributed by atoms with E-state index >= 15 is 0 Å². The molecule has 0 spiro atoms. The third-order valence-corrected chi connectivity index (χ3v) is 9.00. The minimum absolute atomic E-state index is 0.0438. The average molecular weight is 551 g/mol. The number of aromatic nitrogens is 4. The van der Waals surface area contributed by atoms with Crippen molar-refractivity contribution in [3.8, 4) is 0 Å². The summed E-state index contributed by atoms with van der Waals surface area (Å²) in [5.41, 5.74) is 6.01. The molecule has 1 fully saturated rings. The maximum absolute atomic E-state index is 11.8. The Balaban J connectivity index is 1.69. The number of imidazole rings is 1. The van der Waals surface area contributed by atoms with Crippen molar-refractivity contribution in [2.45, 2.75) is 24.5 Å². The molecule has 1 saturated heterocycles. The van der Waals surface area contributed by atoms with Crippen molar-refractivity contribution in [1.29, 1.82) is 0 Å². The van der Waals surface area contributed by atoms with Crippen molar-refractivity contribution in [2.24, 2.45) is 0 Å². The Morgan fingerprint density at radius 1 is 1.16 bits per heavy atom. The molecule has 0 bridgehead atoms. The standard InChI is InChI=1S/C10H16AsN5O13P2/c12-8-5-9(14-2-13-8)16(3-15-5)10-7(18)6(17)4(27-10)1-26-30(22,23)29-31(24,25)28-11(19,20)21/h2-4,6-7,10,17-18H,1H2,(H,22,23)(H,24,25)(H2,12,13,14)(H2,19,20,21)/t4-,6-,7-,10-/m1/s1. The van der Waals surface area contributed by atoms with Crippen molar-refractivity contribution >= 4 is 47.1 Å². The van der Waals surface area contributed by atoms with Crippen molar-refractivity contribution in [1.82, 2.24) is 19.5 Å². The summed E-state index contributed by atoms with van der Waals surface area (Å²) < 4.78 is 69.1. The fourth-order valence-corrected chi connectivity index (χ4v) is 6.83. The van der Waals surface area contributed by atoms with Crippen LogP contribution in [0.1, 0.15) is 6.23 Å². The van der Waals surface area contributed by atoms with Crippen LogP contribution in [-0.4, -0.2) is 87.1 Å². The molecule has 0 radical (unpaired) electrons. The fourth-order valence-electron chi connectivity index (χ4n) is 2.62. The number of aliphatic hydroxyl groups is 2. The molecule has 174 valence electrons. The maximum atomic E-state index is 11.8. The van der Waals surface area contributed by atoms with Gasteiger partial charge in [0.05, 0.1) is 0 Å². The normalized spacial score (nSPS) is 28.5. The van der Waals surface area contributed by atoms with Gasteiger partial charge in [-0.15, -0.1) is 0 Å². The van der Waals surface area contributed by atoms with Gasteiger partial charge < -0.3 is 5.73 Å². The molecule has 21 heteroatoms. The summed E-state index contributed by atoms with van der Waals surface area (Å²) in [7, 11) is -11.1. The molecule has 1 aliphatic rings. The zero-order chi connectivity index (χ0) is 23.2. The number of nitrogen functional groups attached to an aromatic ring is 1. The van der Waals surface area contributed by atoms with Crippen molar-refractivity contribution in [3.05, 3.63) is 12.7 Å². The molecule has 3 rings (SSSR count). The molecule has 3 heterocycles. The van der Waals surface area contributed by atoms with Gasteiger partial charge in [-0.25, -0.2) is 4.98 Å². The fraction of sp³-hybridized carbons (Fsp3) is 0.500. The number of phosphoric ester groups is 1. The quantitative estimate of drug-likeness (QED) is 0.128. The molecule has 2 aromatic heterocycles. The van der Waals surface area contributed by atoms with E-state index in [9.17, 15) is 28.0 Å². The first-order valence-electron chi connectivity index (χ1n) is 7.92. The van der Waals surface area contributed by atoms with E-state index in [1.807, 2.05) is 0 Å². The first-order valence-corrected chi connectivity index (χ1v) is 14.1. The van der Waals surface area contributed by atoms with Gasteiger partial charge in [-0.3, -0.25) is 0 Å². The number of rotatable bonds is 8. The van der Waals surface area contributed by atoms with E-state index in [1.165, 1.54) is 10.9 Å². The first kappa shape index (κ1) is 24.4. The average Bonchev–Trinajstić information content (AvgIpc) is 3.13. The molecule has 0 aromatic carbocycles. The van der Waals surface area contributed by atoms with E-state index in [0.717, 1.165) is 6.33 Å². The van der Waals surface area contributed by atoms with Gasteiger partial charge in [0.15, 0.2) is 5.82 Å². The van der Waals surface area contributed by atoms with Crippen LogP contribution in [0, 0.1) is 0 Å². The van der Waals surface area contributed by atoms with E-state index in [-0.39, 0.29) is 17.0 Å². The van der Waals surface area contributed by atoms with E-state index < -0.39 is 61.3 Å². The van der Waals surface area contributed by atoms with Gasteiger partial charge in [-0.1, -0.05) is 0 Å². The van der Waals surface area contributed by atoms with Crippen molar-refractivity contribution in [3.63, 3.8) is 0 Å². The number of aliphatic hydroxyl groups excluding tert-OH is 2. The molecule has 2 aromatic rings.